The highest BCUT2D eigenvalue weighted by Crippen LogP contribution is 2.34. The lowest BCUT2D eigenvalue weighted by molar-refractivity contribution is 0.196. The third-order valence-electron chi connectivity index (χ3n) is 4.75. The minimum atomic E-state index is 0.434. The molecule has 0 bridgehead atoms. The van der Waals surface area contributed by atoms with Gasteiger partial charge in [-0.25, -0.2) is 0 Å². The van der Waals surface area contributed by atoms with E-state index in [0.717, 1.165) is 24.3 Å². The second kappa shape index (κ2) is 6.12. The van der Waals surface area contributed by atoms with Crippen LogP contribution in [-0.4, -0.2) is 30.0 Å². The fraction of sp³-hybridized carbons (Fsp3) is 0.500. The maximum Gasteiger partial charge on any atom is 0.0705 e. The molecule has 21 heavy (non-hydrogen) atoms. The number of hydrogen-bond donors (Lipinski definition) is 1. The molecule has 1 saturated heterocycles. The Bertz CT molecular complexity index is 623. The zero-order valence-electron chi connectivity index (χ0n) is 13.0. The molecule has 0 aliphatic carbocycles. The van der Waals surface area contributed by atoms with Crippen molar-refractivity contribution in [2.45, 2.75) is 32.2 Å². The average molecular weight is 283 g/mol. The summed E-state index contributed by atoms with van der Waals surface area (Å²) in [5, 5.41) is 1.23. The molecule has 2 unspecified atom stereocenters. The number of benzene rings is 1. The predicted octanol–water partition coefficient (Wildman–Crippen LogP) is 3.27. The molecule has 1 fully saturated rings. The first-order valence-corrected chi connectivity index (χ1v) is 7.96. The highest BCUT2D eigenvalue weighted by molar-refractivity contribution is 5.79. The van der Waals surface area contributed by atoms with Crippen LogP contribution in [0.5, 0.6) is 0 Å². The summed E-state index contributed by atoms with van der Waals surface area (Å²) in [6.07, 6.45) is 3.80. The first-order valence-electron chi connectivity index (χ1n) is 7.96. The number of fused-ring (bicyclic) bond motifs is 1. The van der Waals surface area contributed by atoms with Crippen molar-refractivity contribution in [3.05, 3.63) is 41.6 Å². The summed E-state index contributed by atoms with van der Waals surface area (Å²) < 4.78 is 0. The van der Waals surface area contributed by atoms with Crippen molar-refractivity contribution in [1.82, 2.24) is 9.88 Å². The van der Waals surface area contributed by atoms with Crippen LogP contribution in [0.1, 0.15) is 36.6 Å². The summed E-state index contributed by atoms with van der Waals surface area (Å²) in [5.74, 6) is 0.549. The summed E-state index contributed by atoms with van der Waals surface area (Å²) in [7, 11) is 2.23. The molecule has 2 N–H and O–H groups in total. The topological polar surface area (TPSA) is 42.1 Å². The second-order valence-electron chi connectivity index (χ2n) is 6.32. The number of pyridine rings is 1. The highest BCUT2D eigenvalue weighted by Gasteiger charge is 2.28. The zero-order valence-corrected chi connectivity index (χ0v) is 13.0. The first-order chi connectivity index (χ1) is 10.2. The summed E-state index contributed by atoms with van der Waals surface area (Å²) in [5.41, 5.74) is 9.59. The van der Waals surface area contributed by atoms with E-state index in [1.54, 1.807) is 0 Å². The van der Waals surface area contributed by atoms with E-state index in [1.807, 2.05) is 6.92 Å². The van der Waals surface area contributed by atoms with Crippen molar-refractivity contribution in [1.29, 1.82) is 0 Å². The molecule has 0 saturated carbocycles. The number of hydrogen-bond acceptors (Lipinski definition) is 3. The van der Waals surface area contributed by atoms with E-state index in [1.165, 1.54) is 30.2 Å². The molecular weight excluding hydrogens is 258 g/mol. The smallest absolute Gasteiger partial charge is 0.0705 e. The van der Waals surface area contributed by atoms with E-state index >= 15 is 0 Å². The normalized spacial score (nSPS) is 24.1. The Labute approximate surface area is 127 Å². The van der Waals surface area contributed by atoms with Gasteiger partial charge in [0.25, 0.3) is 0 Å². The van der Waals surface area contributed by atoms with E-state index in [0.29, 0.717) is 12.0 Å². The maximum absolute atomic E-state index is 6.06. The fourth-order valence-corrected chi connectivity index (χ4v) is 3.63. The Morgan fingerprint density at radius 1 is 1.24 bits per heavy atom. The van der Waals surface area contributed by atoms with E-state index in [2.05, 4.69) is 47.3 Å². The molecule has 0 amide bonds. The third kappa shape index (κ3) is 2.94. The van der Waals surface area contributed by atoms with Crippen LogP contribution in [-0.2, 0) is 0 Å². The monoisotopic (exact) mass is 283 g/mol. The molecule has 0 radical (unpaired) electrons. The average Bonchev–Trinajstić information content (AvgIpc) is 2.68. The predicted molar refractivity (Wildman–Crippen MR) is 88.2 cm³/mol. The molecule has 1 aromatic heterocycles. The minimum absolute atomic E-state index is 0.434. The van der Waals surface area contributed by atoms with Gasteiger partial charge in [0.1, 0.15) is 0 Å². The lowest BCUT2D eigenvalue weighted by Crippen LogP contribution is -2.32. The Balaban J connectivity index is 2.01. The van der Waals surface area contributed by atoms with Crippen LogP contribution in [0.15, 0.2) is 30.3 Å². The van der Waals surface area contributed by atoms with Gasteiger partial charge in [-0.15, -0.1) is 0 Å². The molecule has 3 nitrogen and oxygen atoms in total. The van der Waals surface area contributed by atoms with Gasteiger partial charge >= 0.3 is 0 Å². The lowest BCUT2D eigenvalue weighted by Gasteiger charge is -2.32. The van der Waals surface area contributed by atoms with Gasteiger partial charge in [-0.1, -0.05) is 18.6 Å². The van der Waals surface area contributed by atoms with Gasteiger partial charge in [-0.05, 0) is 69.6 Å². The van der Waals surface area contributed by atoms with E-state index in [4.69, 9.17) is 5.73 Å². The number of nitrogens with zero attached hydrogens (tertiary/aromatic N) is 2. The lowest BCUT2D eigenvalue weighted by atomic mass is 9.89. The molecule has 1 aliphatic heterocycles. The number of likely N-dealkylation sites (tertiary alicyclic amines) is 1. The van der Waals surface area contributed by atoms with Crippen molar-refractivity contribution >= 4 is 10.9 Å². The van der Waals surface area contributed by atoms with Gasteiger partial charge in [-0.2, -0.15) is 0 Å². The largest absolute Gasteiger partial charge is 0.330 e. The van der Waals surface area contributed by atoms with Crippen LogP contribution >= 0.6 is 0 Å². The molecule has 0 spiro atoms. The van der Waals surface area contributed by atoms with Crippen molar-refractivity contribution < 1.29 is 0 Å². The van der Waals surface area contributed by atoms with Gasteiger partial charge in [0, 0.05) is 17.1 Å². The van der Waals surface area contributed by atoms with Gasteiger partial charge in [-0.3, -0.25) is 9.88 Å². The zero-order chi connectivity index (χ0) is 14.8. The second-order valence-corrected chi connectivity index (χ2v) is 6.32. The quantitative estimate of drug-likeness (QED) is 0.919. The first kappa shape index (κ1) is 14.5. The van der Waals surface area contributed by atoms with E-state index in [9.17, 15) is 0 Å². The van der Waals surface area contributed by atoms with Crippen molar-refractivity contribution in [3.8, 4) is 0 Å². The Kier molecular flexibility index (Phi) is 4.22. The van der Waals surface area contributed by atoms with E-state index in [-0.39, 0.29) is 0 Å². The Morgan fingerprint density at radius 3 is 2.90 bits per heavy atom. The summed E-state index contributed by atoms with van der Waals surface area (Å²) in [4.78, 5) is 7.08. The van der Waals surface area contributed by atoms with Gasteiger partial charge in [0.15, 0.2) is 0 Å². The summed E-state index contributed by atoms with van der Waals surface area (Å²) in [6.45, 7) is 3.96. The number of rotatable bonds is 2. The van der Waals surface area contributed by atoms with E-state index < -0.39 is 0 Å². The SMILES string of the molecule is Cc1ccc2cc(C3C(CN)CCCCN3C)ccc2n1. The third-order valence-corrected chi connectivity index (χ3v) is 4.75. The number of aryl methyl sites for hydroxylation is 1. The Morgan fingerprint density at radius 2 is 2.10 bits per heavy atom. The molecule has 112 valence electrons. The van der Waals surface area contributed by atoms with Crippen LogP contribution in [0.4, 0.5) is 0 Å². The number of aromatic nitrogens is 1. The van der Waals surface area contributed by atoms with Crippen LogP contribution in [0.3, 0.4) is 0 Å². The molecule has 3 rings (SSSR count). The fourth-order valence-electron chi connectivity index (χ4n) is 3.63. The van der Waals surface area contributed by atoms with Crippen molar-refractivity contribution in [2.75, 3.05) is 20.1 Å². The molecule has 3 heteroatoms. The highest BCUT2D eigenvalue weighted by atomic mass is 15.1. The molecule has 2 heterocycles. The number of nitrogens with two attached hydrogens (primary N) is 1. The van der Waals surface area contributed by atoms with Gasteiger partial charge < -0.3 is 5.73 Å². The molecule has 2 aromatic rings. The molecule has 2 atom stereocenters. The van der Waals surface area contributed by atoms with Crippen LogP contribution in [0, 0.1) is 12.8 Å². The van der Waals surface area contributed by atoms with Gasteiger partial charge in [0.2, 0.25) is 0 Å². The van der Waals surface area contributed by atoms with Crippen LogP contribution in [0.25, 0.3) is 10.9 Å². The molecular formula is C18H25N3. The van der Waals surface area contributed by atoms with Crippen LogP contribution < -0.4 is 5.73 Å². The molecule has 1 aliphatic rings. The molecule has 1 aromatic carbocycles. The standard InChI is InChI=1S/C18H25N3/c1-13-6-7-14-11-15(8-9-17(14)20-13)18-16(12-19)5-3-4-10-21(18)2/h6-9,11,16,18H,3-5,10,12,19H2,1-2H3. The minimum Gasteiger partial charge on any atom is -0.330 e. The van der Waals surface area contributed by atoms with Crippen molar-refractivity contribution in [3.63, 3.8) is 0 Å². The van der Waals surface area contributed by atoms with Gasteiger partial charge in [0.05, 0.1) is 5.52 Å². The summed E-state index contributed by atoms with van der Waals surface area (Å²) >= 11 is 0. The maximum atomic E-state index is 6.06. The van der Waals surface area contributed by atoms with Crippen LogP contribution in [0.2, 0.25) is 0 Å². The summed E-state index contributed by atoms with van der Waals surface area (Å²) in [6, 6.07) is 11.4. The van der Waals surface area contributed by atoms with Crippen molar-refractivity contribution in [2.24, 2.45) is 11.7 Å². The Hall–Kier alpha value is -1.45.